The van der Waals surface area contributed by atoms with Crippen molar-refractivity contribution < 1.29 is 18.9 Å². The van der Waals surface area contributed by atoms with Gasteiger partial charge < -0.3 is 18.9 Å². The summed E-state index contributed by atoms with van der Waals surface area (Å²) < 4.78 is 23.5. The van der Waals surface area contributed by atoms with Crippen LogP contribution in [-0.2, 0) is 22.5 Å². The Morgan fingerprint density at radius 1 is 1.04 bits per heavy atom. The van der Waals surface area contributed by atoms with Gasteiger partial charge in [-0.25, -0.2) is 0 Å². The summed E-state index contributed by atoms with van der Waals surface area (Å²) >= 11 is 0. The number of methoxy groups -OCH3 is 1. The van der Waals surface area contributed by atoms with Crippen LogP contribution in [0.2, 0.25) is 0 Å². The lowest BCUT2D eigenvalue weighted by atomic mass is 10.0. The molecule has 4 rings (SSSR count). The Bertz CT molecular complexity index is 722. The van der Waals surface area contributed by atoms with Crippen LogP contribution in [0.5, 0.6) is 11.5 Å². The van der Waals surface area contributed by atoms with Gasteiger partial charge in [-0.1, -0.05) is 36.4 Å². The molecule has 2 aliphatic rings. The monoisotopic (exact) mass is 354 g/mol. The fourth-order valence-electron chi connectivity index (χ4n) is 3.86. The number of benzene rings is 2. The first-order valence-electron chi connectivity index (χ1n) is 9.42. The summed E-state index contributed by atoms with van der Waals surface area (Å²) in [5, 5.41) is 0. The molecule has 0 saturated carbocycles. The first kappa shape index (κ1) is 17.4. The molecule has 26 heavy (non-hydrogen) atoms. The zero-order valence-corrected chi connectivity index (χ0v) is 15.3. The lowest BCUT2D eigenvalue weighted by Gasteiger charge is -2.23. The Balaban J connectivity index is 1.39. The van der Waals surface area contributed by atoms with Crippen LogP contribution in [0.25, 0.3) is 0 Å². The molecule has 0 N–H and O–H groups in total. The highest BCUT2D eigenvalue weighted by Crippen LogP contribution is 2.40. The summed E-state index contributed by atoms with van der Waals surface area (Å²) in [5.74, 6) is 1.24. The van der Waals surface area contributed by atoms with Crippen LogP contribution >= 0.6 is 0 Å². The third-order valence-electron chi connectivity index (χ3n) is 5.22. The smallest absolute Gasteiger partial charge is 0.168 e. The van der Waals surface area contributed by atoms with Crippen molar-refractivity contribution in [2.24, 2.45) is 0 Å². The van der Waals surface area contributed by atoms with Crippen LogP contribution in [0, 0.1) is 0 Å². The molecule has 2 atom stereocenters. The number of rotatable bonds is 6. The van der Waals surface area contributed by atoms with Crippen molar-refractivity contribution in [3.8, 4) is 11.5 Å². The van der Waals surface area contributed by atoms with E-state index in [-0.39, 0.29) is 11.9 Å². The van der Waals surface area contributed by atoms with Gasteiger partial charge in [-0.15, -0.1) is 0 Å². The summed E-state index contributed by atoms with van der Waals surface area (Å²) in [6.07, 6.45) is 5.28. The fraction of sp³-hybridized carbons (Fsp3) is 0.455. The van der Waals surface area contributed by atoms with E-state index < -0.39 is 0 Å². The maximum absolute atomic E-state index is 6.23. The largest absolute Gasteiger partial charge is 0.493 e. The molecule has 0 amide bonds. The summed E-state index contributed by atoms with van der Waals surface area (Å²) in [7, 11) is 1.68. The Hall–Kier alpha value is -2.04. The molecule has 2 aromatic carbocycles. The van der Waals surface area contributed by atoms with E-state index in [2.05, 4.69) is 24.3 Å². The summed E-state index contributed by atoms with van der Waals surface area (Å²) in [4.78, 5) is 0. The Labute approximate surface area is 155 Å². The molecule has 1 spiro atoms. The van der Waals surface area contributed by atoms with Crippen LogP contribution < -0.4 is 9.47 Å². The van der Waals surface area contributed by atoms with Gasteiger partial charge in [0.25, 0.3) is 0 Å². The molecule has 2 saturated heterocycles. The molecular weight excluding hydrogens is 328 g/mol. The van der Waals surface area contributed by atoms with Gasteiger partial charge in [-0.3, -0.25) is 0 Å². The molecule has 2 aromatic rings. The number of hydrogen-bond donors (Lipinski definition) is 0. The van der Waals surface area contributed by atoms with E-state index in [1.165, 1.54) is 5.56 Å². The van der Waals surface area contributed by atoms with Crippen LogP contribution in [0.1, 0.15) is 36.8 Å². The highest BCUT2D eigenvalue weighted by Gasteiger charge is 2.43. The Morgan fingerprint density at radius 3 is 2.69 bits per heavy atom. The minimum absolute atomic E-state index is 0.217. The standard InChI is InChI=1S/C22H26O4/c1-23-21-15-18(14-19-10-12-22(26-19)11-5-13-25-22)8-9-20(21)24-16-17-6-3-2-4-7-17/h2-4,6-9,15,19H,5,10-14,16H2,1H3. The van der Waals surface area contributed by atoms with Crippen molar-refractivity contribution >= 4 is 0 Å². The highest BCUT2D eigenvalue weighted by atomic mass is 16.7. The first-order valence-corrected chi connectivity index (χ1v) is 9.42. The zero-order chi connectivity index (χ0) is 17.8. The maximum atomic E-state index is 6.23. The normalized spacial score (nSPS) is 24.9. The van der Waals surface area contributed by atoms with Crippen LogP contribution in [-0.4, -0.2) is 25.6 Å². The number of ether oxygens (including phenoxy) is 4. The van der Waals surface area contributed by atoms with Gasteiger partial charge in [0.15, 0.2) is 17.3 Å². The van der Waals surface area contributed by atoms with Gasteiger partial charge in [0, 0.05) is 12.8 Å². The van der Waals surface area contributed by atoms with Gasteiger partial charge in [0.2, 0.25) is 0 Å². The van der Waals surface area contributed by atoms with E-state index in [0.717, 1.165) is 55.8 Å². The van der Waals surface area contributed by atoms with E-state index in [4.69, 9.17) is 18.9 Å². The molecule has 0 aromatic heterocycles. The Morgan fingerprint density at radius 2 is 1.92 bits per heavy atom. The Kier molecular flexibility index (Phi) is 5.14. The van der Waals surface area contributed by atoms with Crippen molar-refractivity contribution in [1.29, 1.82) is 0 Å². The van der Waals surface area contributed by atoms with E-state index >= 15 is 0 Å². The van der Waals surface area contributed by atoms with Gasteiger partial charge in [0.05, 0.1) is 19.8 Å². The van der Waals surface area contributed by atoms with Crippen LogP contribution in [0.4, 0.5) is 0 Å². The third kappa shape index (κ3) is 3.87. The molecule has 2 fully saturated rings. The van der Waals surface area contributed by atoms with Gasteiger partial charge in [0.1, 0.15) is 6.61 Å². The minimum atomic E-state index is -0.298. The number of hydrogen-bond acceptors (Lipinski definition) is 4. The zero-order valence-electron chi connectivity index (χ0n) is 15.3. The molecular formula is C22H26O4. The quantitative estimate of drug-likeness (QED) is 0.765. The van der Waals surface area contributed by atoms with Gasteiger partial charge in [-0.2, -0.15) is 0 Å². The molecule has 4 nitrogen and oxygen atoms in total. The van der Waals surface area contributed by atoms with Crippen molar-refractivity contribution in [3.63, 3.8) is 0 Å². The summed E-state index contributed by atoms with van der Waals surface area (Å²) in [6, 6.07) is 16.3. The van der Waals surface area contributed by atoms with Crippen molar-refractivity contribution in [1.82, 2.24) is 0 Å². The lowest BCUT2D eigenvalue weighted by molar-refractivity contribution is -0.198. The van der Waals surface area contributed by atoms with E-state index in [9.17, 15) is 0 Å². The highest BCUT2D eigenvalue weighted by molar-refractivity contribution is 5.43. The second kappa shape index (κ2) is 7.68. The molecule has 4 heteroatoms. The second-order valence-corrected chi connectivity index (χ2v) is 7.10. The summed E-state index contributed by atoms with van der Waals surface area (Å²) in [6.45, 7) is 1.36. The topological polar surface area (TPSA) is 36.9 Å². The lowest BCUT2D eigenvalue weighted by Crippen LogP contribution is -2.28. The minimum Gasteiger partial charge on any atom is -0.493 e. The molecule has 2 heterocycles. The maximum Gasteiger partial charge on any atom is 0.168 e. The molecule has 0 aliphatic carbocycles. The predicted molar refractivity (Wildman–Crippen MR) is 99.5 cm³/mol. The van der Waals surface area contributed by atoms with Crippen LogP contribution in [0.15, 0.2) is 48.5 Å². The van der Waals surface area contributed by atoms with E-state index in [1.54, 1.807) is 7.11 Å². The fourth-order valence-corrected chi connectivity index (χ4v) is 3.86. The van der Waals surface area contributed by atoms with E-state index in [0.29, 0.717) is 6.61 Å². The van der Waals surface area contributed by atoms with Gasteiger partial charge >= 0.3 is 0 Å². The molecule has 138 valence electrons. The molecule has 0 bridgehead atoms. The third-order valence-corrected chi connectivity index (χ3v) is 5.22. The SMILES string of the molecule is COc1cc(CC2CCC3(CCCO3)O2)ccc1OCc1ccccc1. The first-order chi connectivity index (χ1) is 12.8. The average Bonchev–Trinajstić information content (AvgIpc) is 3.31. The van der Waals surface area contributed by atoms with E-state index in [1.807, 2.05) is 24.3 Å². The van der Waals surface area contributed by atoms with Gasteiger partial charge in [-0.05, 0) is 42.5 Å². The molecule has 0 radical (unpaired) electrons. The van der Waals surface area contributed by atoms with Crippen molar-refractivity contribution in [2.45, 2.75) is 50.6 Å². The molecule has 2 aliphatic heterocycles. The van der Waals surface area contributed by atoms with Crippen molar-refractivity contribution in [2.75, 3.05) is 13.7 Å². The van der Waals surface area contributed by atoms with Crippen molar-refractivity contribution in [3.05, 3.63) is 59.7 Å². The molecule has 2 unspecified atom stereocenters. The average molecular weight is 354 g/mol. The van der Waals surface area contributed by atoms with Crippen LogP contribution in [0.3, 0.4) is 0 Å². The predicted octanol–water partition coefficient (Wildman–Crippen LogP) is 4.50. The summed E-state index contributed by atoms with van der Waals surface area (Å²) in [5.41, 5.74) is 2.34. The second-order valence-electron chi connectivity index (χ2n) is 7.10.